The number of amides is 11. The fraction of sp³-hybridized carbons (Fsp3) is 0.730. The summed E-state index contributed by atoms with van der Waals surface area (Å²) in [7, 11) is 8.30. The maximum atomic E-state index is 15.1. The van der Waals surface area contributed by atoms with Gasteiger partial charge in [-0.05, 0) is 96.0 Å². The van der Waals surface area contributed by atoms with Crippen LogP contribution in [0.2, 0.25) is 0 Å². The lowest BCUT2D eigenvalue weighted by atomic mass is 9.95. The van der Waals surface area contributed by atoms with E-state index in [0.29, 0.717) is 37.9 Å². The van der Waals surface area contributed by atoms with E-state index in [2.05, 4.69) is 21.3 Å². The first-order valence-electron chi connectivity index (χ1n) is 30.9. The molecular formula is C63H105N11O13. The summed E-state index contributed by atoms with van der Waals surface area (Å²) < 4.78 is 6.11. The molecule has 0 radical (unpaired) electrons. The molecule has 0 aliphatic carbocycles. The molecule has 0 spiro atoms. The van der Waals surface area contributed by atoms with Gasteiger partial charge in [0.1, 0.15) is 54.4 Å². The predicted octanol–water partition coefficient (Wildman–Crippen LogP) is 2.19. The van der Waals surface area contributed by atoms with E-state index >= 15 is 9.59 Å². The van der Waals surface area contributed by atoms with Crippen LogP contribution < -0.4 is 21.3 Å². The number of carbonyl (C=O) groups excluding carboxylic acids is 11. The number of rotatable bonds is 13. The highest BCUT2D eigenvalue weighted by Crippen LogP contribution is 2.23. The average molecular weight is 1220 g/mol. The van der Waals surface area contributed by atoms with E-state index in [1.54, 1.807) is 76.8 Å². The summed E-state index contributed by atoms with van der Waals surface area (Å²) in [6.07, 6.45) is 0.676. The molecular weight excluding hydrogens is 1120 g/mol. The van der Waals surface area contributed by atoms with Crippen molar-refractivity contribution in [3.05, 3.63) is 35.9 Å². The fourth-order valence-electron chi connectivity index (χ4n) is 10.7. The summed E-state index contributed by atoms with van der Waals surface area (Å²) in [4.78, 5) is 170. The highest BCUT2D eigenvalue weighted by Gasteiger charge is 2.44. The zero-order valence-corrected chi connectivity index (χ0v) is 55.4. The third kappa shape index (κ3) is 21.3. The van der Waals surface area contributed by atoms with Crippen molar-refractivity contribution in [1.82, 2.24) is 55.6 Å². The van der Waals surface area contributed by atoms with Crippen LogP contribution in [0.4, 0.5) is 0 Å². The number of benzene rings is 1. The molecule has 490 valence electrons. The Morgan fingerprint density at radius 3 is 1.70 bits per heavy atom. The standard InChI is InChI=1S/C63H105N11O13/c1-20-40(8)53-56(80)64-44(58(82)74-29-25-22-26-30-74)34-49(76)66-51(39(6)7)62(86)72(18)47(32-38(4)5)60(84)71(17)48(33-43-27-23-21-24-28-43)59(83)69(15)41(9)54(78)67-52(42(10)75)61(85)68(14)35-50(77)70(16)46(31-37(2)3)55(79)65-45(57(81)73(53)19)36-87-63(11,12)13/h21,23-24,27-28,37-42,44-48,51-53,75H,20,22,25-26,29-36H2,1-19H3,(H,64,80)(H,65,79)(H,66,76)(H,67,78)/t40-,41-,42+,44-,45-,46-,47-,48-,51+,52-,53-/m0/s1. The van der Waals surface area contributed by atoms with Crippen LogP contribution in [0.15, 0.2) is 30.3 Å². The smallest absolute Gasteiger partial charge is 0.248 e. The van der Waals surface area contributed by atoms with Gasteiger partial charge in [0.25, 0.3) is 0 Å². The van der Waals surface area contributed by atoms with Crippen molar-refractivity contribution in [2.45, 2.75) is 207 Å². The van der Waals surface area contributed by atoms with Crippen molar-refractivity contribution in [3.8, 4) is 0 Å². The molecule has 0 unspecified atom stereocenters. The minimum Gasteiger partial charge on any atom is -0.391 e. The lowest BCUT2D eigenvalue weighted by Crippen LogP contribution is -2.62. The van der Waals surface area contributed by atoms with Crippen LogP contribution in [-0.2, 0) is 63.9 Å². The number of hydrogen-bond donors (Lipinski definition) is 5. The molecule has 2 heterocycles. The number of hydrogen-bond acceptors (Lipinski definition) is 13. The van der Waals surface area contributed by atoms with E-state index in [0.717, 1.165) is 21.1 Å². The largest absolute Gasteiger partial charge is 0.391 e. The van der Waals surface area contributed by atoms with Crippen LogP contribution in [0.3, 0.4) is 0 Å². The Balaban J connectivity index is 2.33. The molecule has 1 aromatic carbocycles. The summed E-state index contributed by atoms with van der Waals surface area (Å²) in [6, 6.07) is -3.19. The third-order valence-corrected chi connectivity index (χ3v) is 16.6. The van der Waals surface area contributed by atoms with Gasteiger partial charge < -0.3 is 65.4 Å². The molecule has 2 fully saturated rings. The molecule has 1 aromatic rings. The molecule has 87 heavy (non-hydrogen) atoms. The van der Waals surface area contributed by atoms with Crippen LogP contribution in [-0.4, -0.2) is 239 Å². The van der Waals surface area contributed by atoms with Crippen LogP contribution in [0.1, 0.15) is 141 Å². The van der Waals surface area contributed by atoms with Gasteiger partial charge in [0.15, 0.2) is 0 Å². The van der Waals surface area contributed by atoms with Crippen LogP contribution in [0.25, 0.3) is 0 Å². The Kier molecular flexibility index (Phi) is 28.8. The molecule has 3 rings (SSSR count). The molecule has 2 saturated heterocycles. The summed E-state index contributed by atoms with van der Waals surface area (Å²) in [5, 5.41) is 22.0. The summed E-state index contributed by atoms with van der Waals surface area (Å²) in [5.74, 6) is -9.46. The van der Waals surface area contributed by atoms with Crippen molar-refractivity contribution in [3.63, 3.8) is 0 Å². The van der Waals surface area contributed by atoms with Crippen LogP contribution >= 0.6 is 0 Å². The van der Waals surface area contributed by atoms with Crippen LogP contribution in [0, 0.1) is 23.7 Å². The molecule has 0 saturated carbocycles. The SMILES string of the molecule is CC[C@H](C)[C@H]1C(=O)N[C@H](C(=O)N2CCCCC2)CC(=O)N[C@H](C(C)C)C(=O)N(C)[C@@H](CC(C)C)C(=O)N(C)[C@@H](Cc2ccccc2)C(=O)N(C)[C@@H](C)C(=O)N[C@@H]([C@@H](C)O)C(=O)N(C)CC(=O)N(C)[C@@H](CC(C)C)C(=O)N[C@@H](COC(C)(C)C)C(=O)N1C. The van der Waals surface area contributed by atoms with Gasteiger partial charge in [-0.25, -0.2) is 0 Å². The Bertz CT molecular complexity index is 2530. The van der Waals surface area contributed by atoms with Gasteiger partial charge in [0, 0.05) is 61.8 Å². The number of carbonyl (C=O) groups is 11. The van der Waals surface area contributed by atoms with E-state index in [-0.39, 0.29) is 37.7 Å². The van der Waals surface area contributed by atoms with E-state index < -0.39 is 156 Å². The molecule has 24 nitrogen and oxygen atoms in total. The minimum atomic E-state index is -1.63. The predicted molar refractivity (Wildman–Crippen MR) is 330 cm³/mol. The Morgan fingerprint density at radius 1 is 0.621 bits per heavy atom. The number of nitrogens with zero attached hydrogens (tertiary/aromatic N) is 7. The zero-order valence-electron chi connectivity index (χ0n) is 55.4. The molecule has 11 atom stereocenters. The summed E-state index contributed by atoms with van der Waals surface area (Å²) in [6.45, 7) is 22.1. The normalized spacial score (nSPS) is 26.2. The first-order valence-corrected chi connectivity index (χ1v) is 30.9. The van der Waals surface area contributed by atoms with Gasteiger partial charge in [0.05, 0.1) is 31.3 Å². The quantitative estimate of drug-likeness (QED) is 0.190. The summed E-state index contributed by atoms with van der Waals surface area (Å²) in [5.41, 5.74) is -0.160. The molecule has 0 bridgehead atoms. The molecule has 5 N–H and O–H groups in total. The number of piperidine rings is 1. The second kappa shape index (κ2) is 33.6. The van der Waals surface area contributed by atoms with E-state index in [1.165, 1.54) is 70.8 Å². The maximum Gasteiger partial charge on any atom is 0.248 e. The first kappa shape index (κ1) is 74.6. The van der Waals surface area contributed by atoms with E-state index in [1.807, 2.05) is 34.6 Å². The van der Waals surface area contributed by atoms with Gasteiger partial charge in [-0.3, -0.25) is 52.7 Å². The lowest BCUT2D eigenvalue weighted by Gasteiger charge is -2.38. The minimum absolute atomic E-state index is 0.0240. The van der Waals surface area contributed by atoms with Crippen LogP contribution in [0.5, 0.6) is 0 Å². The second-order valence-corrected chi connectivity index (χ2v) is 26.1. The third-order valence-electron chi connectivity index (χ3n) is 16.6. The maximum absolute atomic E-state index is 15.1. The average Bonchev–Trinajstić information content (AvgIpc) is 1.69. The van der Waals surface area contributed by atoms with Crippen molar-refractivity contribution < 1.29 is 62.6 Å². The van der Waals surface area contributed by atoms with Gasteiger partial charge in [-0.15, -0.1) is 0 Å². The Hall–Kier alpha value is -6.69. The van der Waals surface area contributed by atoms with Gasteiger partial charge in [-0.2, -0.15) is 0 Å². The number of likely N-dealkylation sites (tertiary alicyclic amines) is 1. The second-order valence-electron chi connectivity index (χ2n) is 26.1. The Labute approximate surface area is 516 Å². The van der Waals surface area contributed by atoms with E-state index in [9.17, 15) is 48.3 Å². The highest BCUT2D eigenvalue weighted by atomic mass is 16.5. The molecule has 2 aliphatic rings. The van der Waals surface area contributed by atoms with Crippen molar-refractivity contribution >= 4 is 65.0 Å². The highest BCUT2D eigenvalue weighted by molar-refractivity contribution is 5.99. The zero-order chi connectivity index (χ0) is 66.1. The Morgan fingerprint density at radius 2 is 1.17 bits per heavy atom. The van der Waals surface area contributed by atoms with E-state index in [4.69, 9.17) is 4.74 Å². The van der Waals surface area contributed by atoms with Gasteiger partial charge in [0.2, 0.25) is 65.0 Å². The van der Waals surface area contributed by atoms with Crippen molar-refractivity contribution in [2.75, 3.05) is 68.5 Å². The first-order chi connectivity index (χ1) is 40.4. The molecule has 11 amide bonds. The number of likely N-dealkylation sites (N-methyl/N-ethyl adjacent to an activating group) is 6. The number of nitrogens with one attached hydrogen (secondary N) is 4. The topological polar surface area (TPSA) is 288 Å². The molecule has 24 heteroatoms. The monoisotopic (exact) mass is 1220 g/mol. The van der Waals surface area contributed by atoms with Gasteiger partial charge >= 0.3 is 0 Å². The molecule has 0 aromatic heterocycles. The van der Waals surface area contributed by atoms with Gasteiger partial charge in [-0.1, -0.05) is 92.1 Å². The molecule has 2 aliphatic heterocycles. The van der Waals surface area contributed by atoms with Crippen molar-refractivity contribution in [1.29, 1.82) is 0 Å². The number of ether oxygens (including phenoxy) is 1. The number of aliphatic hydroxyl groups excluding tert-OH is 1. The fourth-order valence-corrected chi connectivity index (χ4v) is 10.7. The number of aliphatic hydroxyl groups is 1. The summed E-state index contributed by atoms with van der Waals surface area (Å²) >= 11 is 0. The lowest BCUT2D eigenvalue weighted by molar-refractivity contribution is -0.153. The van der Waals surface area contributed by atoms with Crippen molar-refractivity contribution in [2.24, 2.45) is 23.7 Å².